The molecule has 0 atom stereocenters. The summed E-state index contributed by atoms with van der Waals surface area (Å²) in [6.07, 6.45) is 0. The fourth-order valence-corrected chi connectivity index (χ4v) is 2.69. The number of anilines is 1. The molecule has 0 spiro atoms. The summed E-state index contributed by atoms with van der Waals surface area (Å²) < 4.78 is 3.87. The van der Waals surface area contributed by atoms with Gasteiger partial charge in [0.2, 0.25) is 0 Å². The molecule has 0 bridgehead atoms. The van der Waals surface area contributed by atoms with Gasteiger partial charge in [0.1, 0.15) is 10.6 Å². The molecule has 22 heavy (non-hydrogen) atoms. The van der Waals surface area contributed by atoms with E-state index in [4.69, 9.17) is 23.2 Å². The van der Waals surface area contributed by atoms with Crippen molar-refractivity contribution in [2.45, 2.75) is 0 Å². The molecule has 0 saturated carbocycles. The normalized spacial score (nSPS) is 10.5. The summed E-state index contributed by atoms with van der Waals surface area (Å²) >= 11 is 12.7. The van der Waals surface area contributed by atoms with Crippen molar-refractivity contribution in [2.24, 2.45) is 0 Å². The first kappa shape index (κ1) is 15.0. The SMILES string of the molecule is O=C(Nc1ccc(Cl)cc1)c1snnc1-c1ccc(Cl)cc1. The lowest BCUT2D eigenvalue weighted by molar-refractivity contribution is 0.103. The number of carbonyl (C=O) groups is 1. The molecule has 110 valence electrons. The van der Waals surface area contributed by atoms with Gasteiger partial charge in [-0.15, -0.1) is 5.10 Å². The average Bonchev–Trinajstić information content (AvgIpc) is 3.00. The second-order valence-corrected chi connectivity index (χ2v) is 6.05. The van der Waals surface area contributed by atoms with Crippen molar-refractivity contribution < 1.29 is 4.79 Å². The van der Waals surface area contributed by atoms with Crippen LogP contribution in [0.2, 0.25) is 10.0 Å². The Bertz CT molecular complexity index is 800. The van der Waals surface area contributed by atoms with Crippen LogP contribution < -0.4 is 5.32 Å². The van der Waals surface area contributed by atoms with E-state index in [1.54, 1.807) is 48.5 Å². The van der Waals surface area contributed by atoms with E-state index in [1.807, 2.05) is 0 Å². The molecule has 1 N–H and O–H groups in total. The first-order valence-electron chi connectivity index (χ1n) is 6.29. The number of nitrogens with zero attached hydrogens (tertiary/aromatic N) is 2. The fourth-order valence-electron chi connectivity index (χ4n) is 1.86. The molecule has 4 nitrogen and oxygen atoms in total. The van der Waals surface area contributed by atoms with Crippen molar-refractivity contribution in [3.63, 3.8) is 0 Å². The number of amides is 1. The number of halogens is 2. The molecule has 2 aromatic carbocycles. The van der Waals surface area contributed by atoms with Gasteiger partial charge in [-0.1, -0.05) is 39.8 Å². The predicted octanol–water partition coefficient (Wildman–Crippen LogP) is 4.76. The molecule has 0 fully saturated rings. The molecule has 0 saturated heterocycles. The van der Waals surface area contributed by atoms with Gasteiger partial charge in [0, 0.05) is 21.3 Å². The molecule has 3 aromatic rings. The summed E-state index contributed by atoms with van der Waals surface area (Å²) in [6.45, 7) is 0. The Morgan fingerprint density at radius 3 is 2.18 bits per heavy atom. The van der Waals surface area contributed by atoms with Gasteiger partial charge in [0.15, 0.2) is 0 Å². The highest BCUT2D eigenvalue weighted by Gasteiger charge is 2.18. The Hall–Kier alpha value is -1.95. The lowest BCUT2D eigenvalue weighted by atomic mass is 10.1. The molecule has 0 aliphatic carbocycles. The molecule has 1 aromatic heterocycles. The van der Waals surface area contributed by atoms with Crippen molar-refractivity contribution in [1.82, 2.24) is 9.59 Å². The first-order chi connectivity index (χ1) is 10.6. The summed E-state index contributed by atoms with van der Waals surface area (Å²) in [5.41, 5.74) is 1.98. The predicted molar refractivity (Wildman–Crippen MR) is 89.8 cm³/mol. The fraction of sp³-hybridized carbons (Fsp3) is 0. The molecular formula is C15H9Cl2N3OS. The highest BCUT2D eigenvalue weighted by Crippen LogP contribution is 2.26. The molecule has 1 amide bonds. The van der Waals surface area contributed by atoms with Crippen molar-refractivity contribution in [2.75, 3.05) is 5.32 Å². The van der Waals surface area contributed by atoms with E-state index in [0.29, 0.717) is 26.3 Å². The van der Waals surface area contributed by atoms with Gasteiger partial charge in [-0.3, -0.25) is 4.79 Å². The zero-order valence-electron chi connectivity index (χ0n) is 11.1. The molecular weight excluding hydrogens is 341 g/mol. The van der Waals surface area contributed by atoms with Crippen LogP contribution in [-0.4, -0.2) is 15.5 Å². The number of rotatable bonds is 3. The quantitative estimate of drug-likeness (QED) is 0.741. The zero-order valence-corrected chi connectivity index (χ0v) is 13.4. The zero-order chi connectivity index (χ0) is 15.5. The summed E-state index contributed by atoms with van der Waals surface area (Å²) in [7, 11) is 0. The van der Waals surface area contributed by atoms with Crippen LogP contribution in [0.25, 0.3) is 11.3 Å². The Balaban J connectivity index is 1.86. The molecule has 7 heteroatoms. The molecule has 1 heterocycles. The minimum Gasteiger partial charge on any atom is -0.321 e. The minimum absolute atomic E-state index is 0.262. The third-order valence-corrected chi connectivity index (χ3v) is 4.14. The summed E-state index contributed by atoms with van der Waals surface area (Å²) in [5, 5.41) is 8.07. The second-order valence-electron chi connectivity index (χ2n) is 4.42. The van der Waals surface area contributed by atoms with Crippen LogP contribution >= 0.6 is 34.7 Å². The summed E-state index contributed by atoms with van der Waals surface area (Å²) in [6, 6.07) is 14.0. The molecule has 0 aliphatic heterocycles. The first-order valence-corrected chi connectivity index (χ1v) is 7.81. The van der Waals surface area contributed by atoms with Crippen LogP contribution in [0.4, 0.5) is 5.69 Å². The van der Waals surface area contributed by atoms with E-state index in [9.17, 15) is 4.79 Å². The second kappa shape index (κ2) is 6.44. The summed E-state index contributed by atoms with van der Waals surface area (Å²) in [5.74, 6) is -0.262. The van der Waals surface area contributed by atoms with Gasteiger partial charge in [0.05, 0.1) is 0 Å². The number of benzene rings is 2. The highest BCUT2D eigenvalue weighted by atomic mass is 35.5. The standard InChI is InChI=1S/C15H9Cl2N3OS/c16-10-3-1-9(2-4-10)13-14(22-20-19-13)15(21)18-12-7-5-11(17)6-8-12/h1-8H,(H,18,21). The highest BCUT2D eigenvalue weighted by molar-refractivity contribution is 7.08. The number of hydrogen-bond acceptors (Lipinski definition) is 4. The lowest BCUT2D eigenvalue weighted by Gasteiger charge is -2.05. The third-order valence-electron chi connectivity index (χ3n) is 2.91. The number of hydrogen-bond donors (Lipinski definition) is 1. The Morgan fingerprint density at radius 1 is 0.955 bits per heavy atom. The van der Waals surface area contributed by atoms with Crippen LogP contribution in [0, 0.1) is 0 Å². The van der Waals surface area contributed by atoms with Gasteiger partial charge in [0.25, 0.3) is 5.91 Å². The lowest BCUT2D eigenvalue weighted by Crippen LogP contribution is -2.11. The van der Waals surface area contributed by atoms with Crippen LogP contribution in [0.15, 0.2) is 48.5 Å². The average molecular weight is 350 g/mol. The maximum Gasteiger partial charge on any atom is 0.269 e. The van der Waals surface area contributed by atoms with Crippen molar-refractivity contribution in [3.05, 3.63) is 63.5 Å². The van der Waals surface area contributed by atoms with Gasteiger partial charge < -0.3 is 5.32 Å². The van der Waals surface area contributed by atoms with E-state index in [-0.39, 0.29) is 5.91 Å². The number of carbonyl (C=O) groups excluding carboxylic acids is 1. The third kappa shape index (κ3) is 3.27. The van der Waals surface area contributed by atoms with Crippen molar-refractivity contribution in [1.29, 1.82) is 0 Å². The van der Waals surface area contributed by atoms with Gasteiger partial charge in [-0.2, -0.15) is 0 Å². The Labute approximate surface area is 140 Å². The van der Waals surface area contributed by atoms with Crippen LogP contribution in [0.5, 0.6) is 0 Å². The topological polar surface area (TPSA) is 54.9 Å². The minimum atomic E-state index is -0.262. The number of nitrogens with one attached hydrogen (secondary N) is 1. The molecule has 3 rings (SSSR count). The van der Waals surface area contributed by atoms with Crippen molar-refractivity contribution >= 4 is 46.3 Å². The smallest absolute Gasteiger partial charge is 0.269 e. The van der Waals surface area contributed by atoms with E-state index >= 15 is 0 Å². The van der Waals surface area contributed by atoms with Gasteiger partial charge in [-0.05, 0) is 47.9 Å². The number of aromatic nitrogens is 2. The van der Waals surface area contributed by atoms with Gasteiger partial charge in [-0.25, -0.2) is 0 Å². The monoisotopic (exact) mass is 349 g/mol. The molecule has 0 radical (unpaired) electrons. The molecule has 0 unspecified atom stereocenters. The van der Waals surface area contributed by atoms with E-state index in [2.05, 4.69) is 14.9 Å². The van der Waals surface area contributed by atoms with Crippen LogP contribution in [0.1, 0.15) is 9.67 Å². The largest absolute Gasteiger partial charge is 0.321 e. The van der Waals surface area contributed by atoms with Crippen LogP contribution in [-0.2, 0) is 0 Å². The Morgan fingerprint density at radius 2 is 1.55 bits per heavy atom. The van der Waals surface area contributed by atoms with E-state index in [0.717, 1.165) is 17.1 Å². The molecule has 0 aliphatic rings. The van der Waals surface area contributed by atoms with E-state index in [1.165, 1.54) is 0 Å². The van der Waals surface area contributed by atoms with Crippen molar-refractivity contribution in [3.8, 4) is 11.3 Å². The van der Waals surface area contributed by atoms with Gasteiger partial charge >= 0.3 is 0 Å². The van der Waals surface area contributed by atoms with Crippen LogP contribution in [0.3, 0.4) is 0 Å². The Kier molecular flexibility index (Phi) is 4.38. The maximum atomic E-state index is 12.4. The summed E-state index contributed by atoms with van der Waals surface area (Å²) in [4.78, 5) is 12.8. The van der Waals surface area contributed by atoms with E-state index < -0.39 is 0 Å². The maximum absolute atomic E-state index is 12.4.